The summed E-state index contributed by atoms with van der Waals surface area (Å²) in [5.74, 6) is -0.334. The van der Waals surface area contributed by atoms with Crippen molar-refractivity contribution in [3.63, 3.8) is 0 Å². The third kappa shape index (κ3) is 9.43. The molecular weight excluding hydrogens is 463 g/mol. The quantitative estimate of drug-likeness (QED) is 0.278. The molecular formula is C18H23Cl3N10. The van der Waals surface area contributed by atoms with E-state index in [0.717, 1.165) is 11.1 Å². The predicted octanol–water partition coefficient (Wildman–Crippen LogP) is 2.39. The molecule has 0 fully saturated rings. The molecule has 0 unspecified atom stereocenters. The molecule has 13 heteroatoms. The van der Waals surface area contributed by atoms with Crippen molar-refractivity contribution in [3.05, 3.63) is 56.5 Å². The second-order valence-electron chi connectivity index (χ2n) is 6.00. The molecule has 10 nitrogen and oxygen atoms in total. The van der Waals surface area contributed by atoms with Crippen LogP contribution in [0.2, 0.25) is 15.1 Å². The zero-order valence-corrected chi connectivity index (χ0v) is 19.0. The number of nitrogens with two attached hydrogens (primary N) is 6. The maximum atomic E-state index is 5.96. The fourth-order valence-corrected chi connectivity index (χ4v) is 3.00. The number of aryl methyl sites for hydroxylation is 2. The standard InChI is InChI=1S/C9H11Cl2N5.C9H12ClN5/c1-4-2-5(10)3-6(11)7(4)15-9(14)16-8(12)13;1-5-4-6(10)2-3-7(5)14-9(13)15-8(11)12/h2-3H,1H3,(H6,12,13,14,15,16);2-4H,1H3,(H6,11,12,13,14,15). The normalized spacial score (nSPS) is 11.3. The van der Waals surface area contributed by atoms with Gasteiger partial charge in [0.2, 0.25) is 11.9 Å². The van der Waals surface area contributed by atoms with Crippen LogP contribution in [0.4, 0.5) is 11.4 Å². The van der Waals surface area contributed by atoms with Crippen molar-refractivity contribution in [3.8, 4) is 0 Å². The van der Waals surface area contributed by atoms with Crippen LogP contribution in [-0.4, -0.2) is 23.8 Å². The van der Waals surface area contributed by atoms with Crippen molar-refractivity contribution in [2.45, 2.75) is 13.8 Å². The maximum Gasteiger partial charge on any atom is 0.223 e. The number of aliphatic imine (C=N–C) groups is 4. The fourth-order valence-electron chi connectivity index (χ4n) is 2.13. The number of halogens is 3. The number of hydrogen-bond donors (Lipinski definition) is 6. The summed E-state index contributed by atoms with van der Waals surface area (Å²) in [4.78, 5) is 15.2. The highest BCUT2D eigenvalue weighted by Crippen LogP contribution is 2.32. The second-order valence-corrected chi connectivity index (χ2v) is 7.28. The van der Waals surface area contributed by atoms with Crippen molar-refractivity contribution in [2.75, 3.05) is 0 Å². The number of rotatable bonds is 2. The van der Waals surface area contributed by atoms with Gasteiger partial charge in [0.15, 0.2) is 11.9 Å². The third-order valence-electron chi connectivity index (χ3n) is 3.33. The number of guanidine groups is 4. The van der Waals surface area contributed by atoms with E-state index in [2.05, 4.69) is 20.0 Å². The van der Waals surface area contributed by atoms with Gasteiger partial charge in [-0.05, 0) is 55.3 Å². The van der Waals surface area contributed by atoms with Gasteiger partial charge in [-0.3, -0.25) is 0 Å². The van der Waals surface area contributed by atoms with E-state index in [1.807, 2.05) is 6.92 Å². The van der Waals surface area contributed by atoms with E-state index in [9.17, 15) is 0 Å². The Hall–Kier alpha value is -3.21. The number of benzene rings is 2. The van der Waals surface area contributed by atoms with E-state index in [1.165, 1.54) is 0 Å². The molecule has 0 heterocycles. The Morgan fingerprint density at radius 2 is 1.19 bits per heavy atom. The van der Waals surface area contributed by atoms with Crippen LogP contribution in [0.5, 0.6) is 0 Å². The van der Waals surface area contributed by atoms with Gasteiger partial charge in [-0.15, -0.1) is 0 Å². The van der Waals surface area contributed by atoms with Crippen LogP contribution in [0.3, 0.4) is 0 Å². The van der Waals surface area contributed by atoms with Gasteiger partial charge in [-0.2, -0.15) is 9.98 Å². The highest BCUT2D eigenvalue weighted by molar-refractivity contribution is 6.36. The second kappa shape index (κ2) is 11.8. The number of nitrogens with zero attached hydrogens (tertiary/aromatic N) is 4. The minimum atomic E-state index is -0.163. The Bertz CT molecular complexity index is 1030. The van der Waals surface area contributed by atoms with E-state index < -0.39 is 0 Å². The average Bonchev–Trinajstić information content (AvgIpc) is 2.60. The van der Waals surface area contributed by atoms with Crippen LogP contribution in [0.1, 0.15) is 11.1 Å². The molecule has 0 radical (unpaired) electrons. The lowest BCUT2D eigenvalue weighted by molar-refractivity contribution is 1.34. The van der Waals surface area contributed by atoms with Crippen LogP contribution in [0.25, 0.3) is 0 Å². The summed E-state index contributed by atoms with van der Waals surface area (Å²) in [5.41, 5.74) is 34.5. The summed E-state index contributed by atoms with van der Waals surface area (Å²) in [5, 5.41) is 1.56. The maximum absolute atomic E-state index is 5.96. The summed E-state index contributed by atoms with van der Waals surface area (Å²) in [6, 6.07) is 8.53. The zero-order valence-electron chi connectivity index (χ0n) is 16.8. The minimum absolute atomic E-state index is 0.0143. The van der Waals surface area contributed by atoms with Crippen LogP contribution in [-0.2, 0) is 0 Å². The van der Waals surface area contributed by atoms with E-state index in [0.29, 0.717) is 26.4 Å². The lowest BCUT2D eigenvalue weighted by Gasteiger charge is -2.04. The first kappa shape index (κ1) is 25.8. The Morgan fingerprint density at radius 3 is 1.68 bits per heavy atom. The summed E-state index contributed by atoms with van der Waals surface area (Å²) in [6.07, 6.45) is 0. The van der Waals surface area contributed by atoms with Crippen molar-refractivity contribution in [1.82, 2.24) is 0 Å². The SMILES string of the molecule is Cc1cc(Cl)cc(Cl)c1N=C(N)N=C(N)N.Cc1cc(Cl)ccc1N=C(N)N=C(N)N. The van der Waals surface area contributed by atoms with Gasteiger partial charge in [0.1, 0.15) is 0 Å². The molecule has 166 valence electrons. The van der Waals surface area contributed by atoms with Gasteiger partial charge in [0.05, 0.1) is 16.4 Å². The topological polar surface area (TPSA) is 206 Å². The molecule has 0 aliphatic carbocycles. The van der Waals surface area contributed by atoms with Crippen molar-refractivity contribution >= 4 is 70.0 Å². The Kier molecular flexibility index (Phi) is 9.87. The molecule has 0 atom stereocenters. The predicted molar refractivity (Wildman–Crippen MR) is 132 cm³/mol. The fraction of sp³-hybridized carbons (Fsp3) is 0.111. The van der Waals surface area contributed by atoms with Gasteiger partial charge in [0.25, 0.3) is 0 Å². The van der Waals surface area contributed by atoms with Crippen molar-refractivity contribution in [1.29, 1.82) is 0 Å². The number of hydrogen-bond acceptors (Lipinski definition) is 2. The van der Waals surface area contributed by atoms with Crippen LogP contribution in [0.15, 0.2) is 50.3 Å². The van der Waals surface area contributed by atoms with Gasteiger partial charge >= 0.3 is 0 Å². The Morgan fingerprint density at radius 1 is 0.677 bits per heavy atom. The highest BCUT2D eigenvalue weighted by atomic mass is 35.5. The van der Waals surface area contributed by atoms with E-state index in [-0.39, 0.29) is 23.8 Å². The molecule has 12 N–H and O–H groups in total. The first-order chi connectivity index (χ1) is 14.4. The van der Waals surface area contributed by atoms with Crippen molar-refractivity contribution in [2.24, 2.45) is 54.4 Å². The lowest BCUT2D eigenvalue weighted by atomic mass is 10.2. The molecule has 0 bridgehead atoms. The van der Waals surface area contributed by atoms with Gasteiger partial charge < -0.3 is 34.4 Å². The van der Waals surface area contributed by atoms with Gasteiger partial charge in [0, 0.05) is 10.0 Å². The average molecular weight is 486 g/mol. The van der Waals surface area contributed by atoms with Gasteiger partial charge in [-0.1, -0.05) is 34.8 Å². The largest absolute Gasteiger partial charge is 0.370 e. The van der Waals surface area contributed by atoms with E-state index in [1.54, 1.807) is 37.3 Å². The first-order valence-electron chi connectivity index (χ1n) is 8.48. The summed E-state index contributed by atoms with van der Waals surface area (Å²) < 4.78 is 0. The Labute approximate surface area is 194 Å². The molecule has 2 rings (SSSR count). The highest BCUT2D eigenvalue weighted by Gasteiger charge is 2.05. The van der Waals surface area contributed by atoms with Gasteiger partial charge in [-0.25, -0.2) is 9.98 Å². The van der Waals surface area contributed by atoms with E-state index >= 15 is 0 Å². The molecule has 2 aromatic carbocycles. The molecule has 0 aromatic heterocycles. The minimum Gasteiger partial charge on any atom is -0.370 e. The van der Waals surface area contributed by atoms with Crippen LogP contribution >= 0.6 is 34.8 Å². The lowest BCUT2D eigenvalue weighted by Crippen LogP contribution is -2.26. The molecule has 0 aliphatic rings. The molecule has 31 heavy (non-hydrogen) atoms. The molecule has 2 aromatic rings. The molecule has 0 saturated carbocycles. The monoisotopic (exact) mass is 484 g/mol. The third-order valence-corrected chi connectivity index (χ3v) is 4.07. The molecule has 0 saturated heterocycles. The smallest absolute Gasteiger partial charge is 0.223 e. The summed E-state index contributed by atoms with van der Waals surface area (Å²) >= 11 is 17.6. The summed E-state index contributed by atoms with van der Waals surface area (Å²) in [6.45, 7) is 3.67. The van der Waals surface area contributed by atoms with Crippen molar-refractivity contribution < 1.29 is 0 Å². The molecule has 0 spiro atoms. The Balaban J connectivity index is 0.000000311. The molecule has 0 aliphatic heterocycles. The molecule has 0 amide bonds. The van der Waals surface area contributed by atoms with Crippen LogP contribution in [0, 0.1) is 13.8 Å². The first-order valence-corrected chi connectivity index (χ1v) is 9.61. The van der Waals surface area contributed by atoms with E-state index in [4.69, 9.17) is 69.2 Å². The van der Waals surface area contributed by atoms with Crippen LogP contribution < -0.4 is 34.4 Å². The zero-order chi connectivity index (χ0) is 23.7. The summed E-state index contributed by atoms with van der Waals surface area (Å²) in [7, 11) is 0.